The lowest BCUT2D eigenvalue weighted by molar-refractivity contribution is 0.627. The zero-order chi connectivity index (χ0) is 14.8. The van der Waals surface area contributed by atoms with E-state index in [1.54, 1.807) is 12.1 Å². The average molecular weight is 303 g/mol. The van der Waals surface area contributed by atoms with Crippen molar-refractivity contribution in [1.82, 2.24) is 9.88 Å². The van der Waals surface area contributed by atoms with Gasteiger partial charge in [-0.2, -0.15) is 0 Å². The molecule has 3 rings (SSSR count). The molecule has 0 saturated carbocycles. The van der Waals surface area contributed by atoms with E-state index in [4.69, 9.17) is 11.6 Å². The van der Waals surface area contributed by atoms with Crippen LogP contribution in [0.4, 0.5) is 4.39 Å². The summed E-state index contributed by atoms with van der Waals surface area (Å²) in [4.78, 5) is 0. The monoisotopic (exact) mass is 302 g/mol. The van der Waals surface area contributed by atoms with Gasteiger partial charge in [-0.15, -0.1) is 0 Å². The van der Waals surface area contributed by atoms with E-state index in [0.717, 1.165) is 17.6 Å². The van der Waals surface area contributed by atoms with Gasteiger partial charge in [-0.1, -0.05) is 23.7 Å². The number of nitrogens with zero attached hydrogens (tertiary/aromatic N) is 1. The lowest BCUT2D eigenvalue weighted by Gasteiger charge is -2.07. The number of benzene rings is 2. The topological polar surface area (TPSA) is 17.0 Å². The van der Waals surface area contributed by atoms with Crippen molar-refractivity contribution in [1.29, 1.82) is 0 Å². The molecule has 21 heavy (non-hydrogen) atoms. The van der Waals surface area contributed by atoms with Gasteiger partial charge in [0.25, 0.3) is 0 Å². The molecule has 4 heteroatoms. The minimum atomic E-state index is -0.380. The number of fused-ring (bicyclic) bond motifs is 1. The maximum Gasteiger partial charge on any atom is 0.141 e. The van der Waals surface area contributed by atoms with Crippen LogP contribution in [-0.2, 0) is 13.1 Å². The molecule has 0 fully saturated rings. The highest BCUT2D eigenvalue weighted by atomic mass is 35.5. The first-order chi connectivity index (χ1) is 10.2. The van der Waals surface area contributed by atoms with E-state index in [1.807, 2.05) is 13.2 Å². The molecule has 1 N–H and O–H groups in total. The molecular weight excluding hydrogens is 287 g/mol. The third-order valence-electron chi connectivity index (χ3n) is 3.55. The average Bonchev–Trinajstić information content (AvgIpc) is 2.86. The number of rotatable bonds is 4. The normalized spacial score (nSPS) is 11.2. The Hall–Kier alpha value is -1.84. The Kier molecular flexibility index (Phi) is 3.95. The molecule has 0 radical (unpaired) electrons. The first kappa shape index (κ1) is 14.1. The van der Waals surface area contributed by atoms with E-state index in [-0.39, 0.29) is 10.8 Å². The smallest absolute Gasteiger partial charge is 0.141 e. The van der Waals surface area contributed by atoms with Gasteiger partial charge in [-0.3, -0.25) is 0 Å². The second-order valence-electron chi connectivity index (χ2n) is 5.12. The molecule has 0 aliphatic carbocycles. The van der Waals surface area contributed by atoms with Crippen molar-refractivity contribution in [3.05, 3.63) is 70.6 Å². The van der Waals surface area contributed by atoms with Crippen molar-refractivity contribution in [3.63, 3.8) is 0 Å². The number of aromatic nitrogens is 1. The van der Waals surface area contributed by atoms with Crippen LogP contribution >= 0.6 is 11.6 Å². The molecule has 1 aromatic heterocycles. The molecule has 0 aliphatic heterocycles. The van der Waals surface area contributed by atoms with Crippen molar-refractivity contribution in [2.75, 3.05) is 7.05 Å². The van der Waals surface area contributed by atoms with Crippen LogP contribution in [0.2, 0.25) is 5.02 Å². The largest absolute Gasteiger partial charge is 0.343 e. The molecule has 0 unspecified atom stereocenters. The zero-order valence-corrected chi connectivity index (χ0v) is 12.5. The standard InChI is InChI=1S/C17H16ClFN2/c1-20-10-12-3-5-17-14(8-12)6-7-21(17)11-13-2-4-16(19)15(18)9-13/h2-9,20H,10-11H2,1H3. The molecule has 108 valence electrons. The van der Waals surface area contributed by atoms with Crippen molar-refractivity contribution < 1.29 is 4.39 Å². The molecule has 2 nitrogen and oxygen atoms in total. The van der Waals surface area contributed by atoms with Gasteiger partial charge in [-0.25, -0.2) is 4.39 Å². The highest BCUT2D eigenvalue weighted by Crippen LogP contribution is 2.21. The van der Waals surface area contributed by atoms with E-state index >= 15 is 0 Å². The van der Waals surface area contributed by atoms with E-state index in [1.165, 1.54) is 17.0 Å². The molecule has 2 aromatic carbocycles. The minimum Gasteiger partial charge on any atom is -0.343 e. The summed E-state index contributed by atoms with van der Waals surface area (Å²) in [6.07, 6.45) is 2.05. The third-order valence-corrected chi connectivity index (χ3v) is 3.84. The summed E-state index contributed by atoms with van der Waals surface area (Å²) in [6, 6.07) is 13.4. The van der Waals surface area contributed by atoms with Gasteiger partial charge in [-0.05, 0) is 53.9 Å². The molecule has 0 bridgehead atoms. The molecule has 0 aliphatic rings. The Balaban J connectivity index is 1.91. The summed E-state index contributed by atoms with van der Waals surface area (Å²) in [5.74, 6) is -0.380. The highest BCUT2D eigenvalue weighted by Gasteiger charge is 2.05. The van der Waals surface area contributed by atoms with Crippen LogP contribution in [0.25, 0.3) is 10.9 Å². The van der Waals surface area contributed by atoms with E-state index < -0.39 is 0 Å². The SMILES string of the molecule is CNCc1ccc2c(ccn2Cc2ccc(F)c(Cl)c2)c1. The summed E-state index contributed by atoms with van der Waals surface area (Å²) < 4.78 is 15.3. The summed E-state index contributed by atoms with van der Waals surface area (Å²) in [5, 5.41) is 4.52. The predicted molar refractivity (Wildman–Crippen MR) is 85.2 cm³/mol. The van der Waals surface area contributed by atoms with Crippen LogP contribution in [0.15, 0.2) is 48.7 Å². The fourth-order valence-corrected chi connectivity index (χ4v) is 2.74. The van der Waals surface area contributed by atoms with Crippen molar-refractivity contribution >= 4 is 22.5 Å². The number of halogens is 2. The Morgan fingerprint density at radius 3 is 2.67 bits per heavy atom. The van der Waals surface area contributed by atoms with E-state index in [9.17, 15) is 4.39 Å². The van der Waals surface area contributed by atoms with Gasteiger partial charge < -0.3 is 9.88 Å². The van der Waals surface area contributed by atoms with Crippen LogP contribution in [-0.4, -0.2) is 11.6 Å². The highest BCUT2D eigenvalue weighted by molar-refractivity contribution is 6.30. The van der Waals surface area contributed by atoms with Gasteiger partial charge in [0.1, 0.15) is 5.82 Å². The van der Waals surface area contributed by atoms with Gasteiger partial charge in [0.05, 0.1) is 5.02 Å². The second-order valence-corrected chi connectivity index (χ2v) is 5.52. The molecule has 0 saturated heterocycles. The Labute approximate surface area is 128 Å². The first-order valence-corrected chi connectivity index (χ1v) is 7.21. The molecule has 0 spiro atoms. The fraction of sp³-hybridized carbons (Fsp3) is 0.176. The quantitative estimate of drug-likeness (QED) is 0.764. The first-order valence-electron chi connectivity index (χ1n) is 6.83. The Morgan fingerprint density at radius 2 is 1.90 bits per heavy atom. The molecule has 1 heterocycles. The molecule has 3 aromatic rings. The van der Waals surface area contributed by atoms with E-state index in [2.05, 4.69) is 34.1 Å². The zero-order valence-electron chi connectivity index (χ0n) is 11.7. The number of hydrogen-bond acceptors (Lipinski definition) is 1. The maximum atomic E-state index is 13.2. The lowest BCUT2D eigenvalue weighted by atomic mass is 10.1. The molecule has 0 amide bonds. The summed E-state index contributed by atoms with van der Waals surface area (Å²) in [6.45, 7) is 1.53. The Bertz CT molecular complexity index is 780. The van der Waals surface area contributed by atoms with Crippen LogP contribution in [0.1, 0.15) is 11.1 Å². The summed E-state index contributed by atoms with van der Waals surface area (Å²) >= 11 is 5.84. The van der Waals surface area contributed by atoms with Crippen LogP contribution in [0.5, 0.6) is 0 Å². The molecule has 0 atom stereocenters. The van der Waals surface area contributed by atoms with Gasteiger partial charge in [0, 0.05) is 24.8 Å². The van der Waals surface area contributed by atoms with Crippen molar-refractivity contribution in [3.8, 4) is 0 Å². The number of hydrogen-bond donors (Lipinski definition) is 1. The maximum absolute atomic E-state index is 13.2. The minimum absolute atomic E-state index is 0.167. The predicted octanol–water partition coefficient (Wildman–Crippen LogP) is 4.20. The van der Waals surface area contributed by atoms with Crippen LogP contribution in [0.3, 0.4) is 0 Å². The summed E-state index contributed by atoms with van der Waals surface area (Å²) in [7, 11) is 1.94. The van der Waals surface area contributed by atoms with Crippen LogP contribution in [0, 0.1) is 5.82 Å². The van der Waals surface area contributed by atoms with Crippen molar-refractivity contribution in [2.45, 2.75) is 13.1 Å². The van der Waals surface area contributed by atoms with Crippen LogP contribution < -0.4 is 5.32 Å². The Morgan fingerprint density at radius 1 is 1.10 bits per heavy atom. The van der Waals surface area contributed by atoms with Gasteiger partial charge in [0.2, 0.25) is 0 Å². The number of nitrogens with one attached hydrogen (secondary N) is 1. The van der Waals surface area contributed by atoms with E-state index in [0.29, 0.717) is 6.54 Å². The molecular formula is C17H16ClFN2. The summed E-state index contributed by atoms with van der Waals surface area (Å²) in [5.41, 5.74) is 3.40. The lowest BCUT2D eigenvalue weighted by Crippen LogP contribution is -2.04. The second kappa shape index (κ2) is 5.88. The van der Waals surface area contributed by atoms with Crippen molar-refractivity contribution in [2.24, 2.45) is 0 Å². The van der Waals surface area contributed by atoms with Gasteiger partial charge in [0.15, 0.2) is 0 Å². The van der Waals surface area contributed by atoms with Gasteiger partial charge >= 0.3 is 0 Å². The third kappa shape index (κ3) is 2.94. The fourth-order valence-electron chi connectivity index (χ4n) is 2.54.